The highest BCUT2D eigenvalue weighted by Gasteiger charge is 2.47. The monoisotopic (exact) mass is 432 g/mol. The van der Waals surface area contributed by atoms with E-state index in [1.165, 1.54) is 11.3 Å². The van der Waals surface area contributed by atoms with Crippen molar-refractivity contribution in [3.8, 4) is 11.5 Å². The predicted molar refractivity (Wildman–Crippen MR) is 115 cm³/mol. The second-order valence-corrected chi connectivity index (χ2v) is 9.46. The average molecular weight is 433 g/mol. The lowest BCUT2D eigenvalue weighted by Gasteiger charge is -2.44. The van der Waals surface area contributed by atoms with Gasteiger partial charge in [0.05, 0.1) is 24.0 Å². The molecule has 2 amide bonds. The Morgan fingerprint density at radius 1 is 0.966 bits per heavy atom. The minimum absolute atomic E-state index is 0.0896. The molecule has 0 aliphatic carbocycles. The van der Waals surface area contributed by atoms with E-state index in [1.807, 2.05) is 45.1 Å². The first-order valence-electron chi connectivity index (χ1n) is 9.59. The van der Waals surface area contributed by atoms with E-state index in [-0.39, 0.29) is 16.7 Å². The maximum atomic E-state index is 13.2. The maximum Gasteiger partial charge on any atom is 0.265 e. The number of likely N-dealkylation sites (tertiary alicyclic amines) is 1. The Morgan fingerprint density at radius 2 is 1.66 bits per heavy atom. The molecular weight excluding hydrogens is 408 g/mol. The molecule has 0 bridgehead atoms. The Morgan fingerprint density at radius 3 is 2.24 bits per heavy atom. The smallest absolute Gasteiger partial charge is 0.265 e. The molecule has 1 aromatic heterocycles. The molecule has 6 nitrogen and oxygen atoms in total. The zero-order chi connectivity index (χ0) is 20.4. The first-order chi connectivity index (χ1) is 14.1. The number of benzene rings is 1. The van der Waals surface area contributed by atoms with Crippen LogP contribution in [-0.2, 0) is 0 Å². The largest absolute Gasteiger partial charge is 0.496 e. The van der Waals surface area contributed by atoms with Gasteiger partial charge >= 0.3 is 0 Å². The Kier molecular flexibility index (Phi) is 5.74. The summed E-state index contributed by atoms with van der Waals surface area (Å²) in [5, 5.41) is 1.94. The number of ether oxygens (including phenoxy) is 2. The zero-order valence-electron chi connectivity index (χ0n) is 16.6. The van der Waals surface area contributed by atoms with Crippen molar-refractivity contribution >= 4 is 34.9 Å². The molecular formula is C21H24N2O4S2. The molecule has 1 spiro atoms. The number of hydrogen-bond donors (Lipinski definition) is 0. The number of thiophene rings is 1. The summed E-state index contributed by atoms with van der Waals surface area (Å²) in [6.07, 6.45) is 1.52. The third-order valence-electron chi connectivity index (χ3n) is 5.63. The highest BCUT2D eigenvalue weighted by atomic mass is 32.2. The van der Waals surface area contributed by atoms with Gasteiger partial charge in [-0.05, 0) is 36.4 Å². The van der Waals surface area contributed by atoms with E-state index in [0.29, 0.717) is 30.2 Å². The summed E-state index contributed by atoms with van der Waals surface area (Å²) in [5.41, 5.74) is 0.457. The molecule has 1 aromatic carbocycles. The number of carbonyl (C=O) groups excluding carboxylic acids is 2. The summed E-state index contributed by atoms with van der Waals surface area (Å²) in [5.74, 6) is 1.98. The van der Waals surface area contributed by atoms with Gasteiger partial charge in [0.1, 0.15) is 17.1 Å². The molecule has 8 heteroatoms. The summed E-state index contributed by atoms with van der Waals surface area (Å²) in [7, 11) is 3.11. The molecule has 2 aliphatic rings. The van der Waals surface area contributed by atoms with E-state index in [4.69, 9.17) is 9.47 Å². The van der Waals surface area contributed by atoms with Crippen LogP contribution in [0.5, 0.6) is 11.5 Å². The first-order valence-corrected chi connectivity index (χ1v) is 11.5. The fourth-order valence-electron chi connectivity index (χ4n) is 4.12. The van der Waals surface area contributed by atoms with E-state index in [9.17, 15) is 9.59 Å². The van der Waals surface area contributed by atoms with Gasteiger partial charge < -0.3 is 19.3 Å². The molecule has 2 saturated heterocycles. The lowest BCUT2D eigenvalue weighted by molar-refractivity contribution is 0.0498. The van der Waals surface area contributed by atoms with Crippen LogP contribution in [0.15, 0.2) is 35.7 Å². The van der Waals surface area contributed by atoms with Crippen molar-refractivity contribution < 1.29 is 19.1 Å². The Balaban J connectivity index is 1.51. The van der Waals surface area contributed by atoms with Crippen LogP contribution in [0.1, 0.15) is 32.9 Å². The summed E-state index contributed by atoms with van der Waals surface area (Å²) in [6.45, 7) is 1.96. The van der Waals surface area contributed by atoms with Crippen LogP contribution in [0, 0.1) is 0 Å². The van der Waals surface area contributed by atoms with Gasteiger partial charge in [-0.1, -0.05) is 12.1 Å². The van der Waals surface area contributed by atoms with E-state index >= 15 is 0 Å². The van der Waals surface area contributed by atoms with Crippen molar-refractivity contribution in [1.29, 1.82) is 0 Å². The molecule has 0 N–H and O–H groups in total. The first kappa shape index (κ1) is 20.1. The van der Waals surface area contributed by atoms with Crippen LogP contribution >= 0.6 is 23.1 Å². The van der Waals surface area contributed by atoms with Gasteiger partial charge in [-0.15, -0.1) is 23.1 Å². The lowest BCUT2D eigenvalue weighted by Crippen LogP contribution is -2.53. The molecule has 29 heavy (non-hydrogen) atoms. The van der Waals surface area contributed by atoms with Crippen LogP contribution in [0.4, 0.5) is 0 Å². The average Bonchev–Trinajstić information content (AvgIpc) is 3.43. The zero-order valence-corrected chi connectivity index (χ0v) is 18.2. The fourth-order valence-corrected chi connectivity index (χ4v) is 6.25. The Labute approximate surface area is 178 Å². The number of thioether (sulfide) groups is 1. The number of carbonyl (C=O) groups is 2. The predicted octanol–water partition coefficient (Wildman–Crippen LogP) is 3.59. The van der Waals surface area contributed by atoms with Gasteiger partial charge in [0.15, 0.2) is 0 Å². The summed E-state index contributed by atoms with van der Waals surface area (Å²) < 4.78 is 10.8. The molecule has 0 radical (unpaired) electrons. The van der Waals surface area contributed by atoms with Gasteiger partial charge in [-0.2, -0.15) is 0 Å². The second-order valence-electron chi connectivity index (χ2n) is 7.06. The lowest BCUT2D eigenvalue weighted by atomic mass is 10.0. The summed E-state index contributed by atoms with van der Waals surface area (Å²) in [6, 6.07) is 9.15. The second kappa shape index (κ2) is 8.28. The molecule has 0 unspecified atom stereocenters. The quantitative estimate of drug-likeness (QED) is 0.739. The standard InChI is InChI=1S/C21H24N2O4S2/c1-26-15-5-3-6-16(27-2)18(15)20(25)22-10-8-21(9-11-22)23(12-14-29-21)19(24)17-7-4-13-28-17/h3-7,13H,8-12,14H2,1-2H3. The van der Waals surface area contributed by atoms with Gasteiger partial charge in [0.25, 0.3) is 11.8 Å². The molecule has 2 aliphatic heterocycles. The minimum atomic E-state index is -0.220. The molecule has 2 aromatic rings. The van der Waals surface area contributed by atoms with Crippen LogP contribution in [0.3, 0.4) is 0 Å². The number of amides is 2. The van der Waals surface area contributed by atoms with E-state index in [2.05, 4.69) is 0 Å². The van der Waals surface area contributed by atoms with E-state index in [1.54, 1.807) is 26.4 Å². The molecule has 154 valence electrons. The topological polar surface area (TPSA) is 59.1 Å². The Bertz CT molecular complexity index is 870. The van der Waals surface area contributed by atoms with Crippen LogP contribution < -0.4 is 9.47 Å². The van der Waals surface area contributed by atoms with Crippen molar-refractivity contribution in [3.05, 3.63) is 46.2 Å². The molecule has 0 atom stereocenters. The van der Waals surface area contributed by atoms with E-state index < -0.39 is 0 Å². The van der Waals surface area contributed by atoms with E-state index in [0.717, 1.165) is 30.0 Å². The van der Waals surface area contributed by atoms with Crippen molar-refractivity contribution in [2.45, 2.75) is 17.7 Å². The molecule has 2 fully saturated rings. The fraction of sp³-hybridized carbons (Fsp3) is 0.429. The highest BCUT2D eigenvalue weighted by molar-refractivity contribution is 8.00. The molecule has 0 saturated carbocycles. The third-order valence-corrected chi connectivity index (χ3v) is 8.04. The number of hydrogen-bond acceptors (Lipinski definition) is 6. The Hall–Kier alpha value is -2.19. The SMILES string of the molecule is COc1cccc(OC)c1C(=O)N1CCC2(CC1)SCCN2C(=O)c1cccs1. The van der Waals surface area contributed by atoms with Gasteiger partial charge in [-0.25, -0.2) is 0 Å². The van der Waals surface area contributed by atoms with Gasteiger partial charge in [0.2, 0.25) is 0 Å². The van der Waals surface area contributed by atoms with Gasteiger partial charge in [-0.3, -0.25) is 9.59 Å². The van der Waals surface area contributed by atoms with Crippen molar-refractivity contribution in [2.24, 2.45) is 0 Å². The molecule has 4 rings (SSSR count). The highest BCUT2D eigenvalue weighted by Crippen LogP contribution is 2.45. The number of nitrogens with zero attached hydrogens (tertiary/aromatic N) is 2. The third kappa shape index (κ3) is 3.59. The summed E-state index contributed by atoms with van der Waals surface area (Å²) in [4.78, 5) is 30.7. The summed E-state index contributed by atoms with van der Waals surface area (Å²) >= 11 is 3.33. The van der Waals surface area contributed by atoms with Crippen molar-refractivity contribution in [1.82, 2.24) is 9.80 Å². The van der Waals surface area contributed by atoms with Crippen LogP contribution in [-0.4, -0.2) is 66.1 Å². The van der Waals surface area contributed by atoms with Crippen LogP contribution in [0.2, 0.25) is 0 Å². The number of piperidine rings is 1. The number of methoxy groups -OCH3 is 2. The van der Waals surface area contributed by atoms with Gasteiger partial charge in [0, 0.05) is 25.4 Å². The number of rotatable bonds is 4. The minimum Gasteiger partial charge on any atom is -0.496 e. The molecule has 3 heterocycles. The van der Waals surface area contributed by atoms with Crippen molar-refractivity contribution in [3.63, 3.8) is 0 Å². The van der Waals surface area contributed by atoms with Crippen molar-refractivity contribution in [2.75, 3.05) is 39.6 Å². The maximum absolute atomic E-state index is 13.2. The normalized spacial score (nSPS) is 18.1. The van der Waals surface area contributed by atoms with Crippen LogP contribution in [0.25, 0.3) is 0 Å².